The molecule has 5 nitrogen and oxygen atoms in total. The Bertz CT molecular complexity index is 84.6. The van der Waals surface area contributed by atoms with Crippen molar-refractivity contribution in [3.05, 3.63) is 0 Å². The Labute approximate surface area is 47.2 Å². The first-order chi connectivity index (χ1) is 3.72. The van der Waals surface area contributed by atoms with Crippen molar-refractivity contribution < 1.29 is 10.0 Å². The van der Waals surface area contributed by atoms with E-state index < -0.39 is 6.03 Å². The summed E-state index contributed by atoms with van der Waals surface area (Å²) in [6, 6.07) is -0.590. The number of carbonyl (C=O) groups is 1. The molecule has 0 aliphatic carbocycles. The zero-order valence-corrected chi connectivity index (χ0v) is 4.80. The lowest BCUT2D eigenvalue weighted by Crippen LogP contribution is -2.42. The molecule has 0 radical (unpaired) electrons. The third kappa shape index (κ3) is 1.76. The molecule has 0 aromatic rings. The molecule has 5 heteroatoms. The highest BCUT2D eigenvalue weighted by Crippen LogP contribution is 1.70. The van der Waals surface area contributed by atoms with E-state index in [0.717, 1.165) is 5.01 Å². The van der Waals surface area contributed by atoms with Gasteiger partial charge in [0.2, 0.25) is 0 Å². The van der Waals surface area contributed by atoms with Crippen LogP contribution in [0, 0.1) is 0 Å². The third-order valence-corrected chi connectivity index (χ3v) is 0.736. The fourth-order valence-corrected chi connectivity index (χ4v) is 0.177. The predicted octanol–water partition coefficient (Wildman–Crippen LogP) is -0.849. The first-order valence-corrected chi connectivity index (χ1v) is 2.07. The van der Waals surface area contributed by atoms with Gasteiger partial charge in [-0.15, -0.1) is 0 Å². The van der Waals surface area contributed by atoms with E-state index in [-0.39, 0.29) is 0 Å². The zero-order chi connectivity index (χ0) is 6.57. The van der Waals surface area contributed by atoms with Crippen molar-refractivity contribution >= 4 is 6.03 Å². The number of carbonyl (C=O) groups excluding carboxylic acids is 1. The monoisotopic (exact) mass is 119 g/mol. The van der Waals surface area contributed by atoms with Crippen LogP contribution in [0.1, 0.15) is 0 Å². The van der Waals surface area contributed by atoms with Crippen molar-refractivity contribution in [2.75, 3.05) is 14.1 Å². The van der Waals surface area contributed by atoms with Crippen molar-refractivity contribution in [1.82, 2.24) is 15.9 Å². The van der Waals surface area contributed by atoms with Gasteiger partial charge in [-0.05, 0) is 0 Å². The van der Waals surface area contributed by atoms with E-state index in [1.807, 2.05) is 0 Å². The van der Waals surface area contributed by atoms with Gasteiger partial charge in [0.25, 0.3) is 0 Å². The number of urea groups is 1. The highest BCUT2D eigenvalue weighted by atomic mass is 16.5. The van der Waals surface area contributed by atoms with E-state index in [2.05, 4.69) is 5.43 Å². The maximum absolute atomic E-state index is 10.2. The fraction of sp³-hybridized carbons (Fsp3) is 0.667. The van der Waals surface area contributed by atoms with Gasteiger partial charge in [-0.2, -0.15) is 0 Å². The molecular formula is C3H9N3O2. The molecule has 0 aromatic carbocycles. The number of amides is 2. The molecular weight excluding hydrogens is 110 g/mol. The molecule has 0 saturated carbocycles. The largest absolute Gasteiger partial charge is 0.355 e. The molecule has 8 heavy (non-hydrogen) atoms. The Kier molecular flexibility index (Phi) is 2.90. The number of nitrogens with one attached hydrogen (secondary N) is 2. The van der Waals surface area contributed by atoms with Gasteiger partial charge in [-0.25, -0.2) is 15.7 Å². The van der Waals surface area contributed by atoms with E-state index in [1.54, 1.807) is 7.05 Å². The van der Waals surface area contributed by atoms with Crippen molar-refractivity contribution in [3.63, 3.8) is 0 Å². The Morgan fingerprint density at radius 1 is 1.75 bits per heavy atom. The quantitative estimate of drug-likeness (QED) is 0.311. The summed E-state index contributed by atoms with van der Waals surface area (Å²) in [4.78, 5) is 10.2. The molecule has 0 spiro atoms. The summed E-state index contributed by atoms with van der Waals surface area (Å²) >= 11 is 0. The first-order valence-electron chi connectivity index (χ1n) is 2.07. The highest BCUT2D eigenvalue weighted by molar-refractivity contribution is 5.71. The maximum atomic E-state index is 10.2. The van der Waals surface area contributed by atoms with Crippen LogP contribution in [0.15, 0.2) is 0 Å². The van der Waals surface area contributed by atoms with Crippen LogP contribution >= 0.6 is 0 Å². The molecule has 0 fully saturated rings. The molecule has 0 aliphatic heterocycles. The van der Waals surface area contributed by atoms with Crippen molar-refractivity contribution in [2.45, 2.75) is 0 Å². The minimum atomic E-state index is -0.590. The summed E-state index contributed by atoms with van der Waals surface area (Å²) < 4.78 is 0. The second-order valence-corrected chi connectivity index (χ2v) is 1.20. The second-order valence-electron chi connectivity index (χ2n) is 1.20. The van der Waals surface area contributed by atoms with Gasteiger partial charge in [0.05, 0.1) is 0 Å². The van der Waals surface area contributed by atoms with E-state index in [1.165, 1.54) is 12.5 Å². The number of hydrazine groups is 1. The van der Waals surface area contributed by atoms with Crippen LogP contribution in [0.25, 0.3) is 0 Å². The lowest BCUT2D eigenvalue weighted by Gasteiger charge is -2.12. The summed E-state index contributed by atoms with van der Waals surface area (Å²) in [5, 5.41) is 9.05. The number of rotatable bonds is 1. The Morgan fingerprint density at radius 3 is 2.38 bits per heavy atom. The van der Waals surface area contributed by atoms with Gasteiger partial charge in [-0.3, -0.25) is 10.2 Å². The van der Waals surface area contributed by atoms with Crippen molar-refractivity contribution in [1.29, 1.82) is 0 Å². The topological polar surface area (TPSA) is 64.6 Å². The lowest BCUT2D eigenvalue weighted by molar-refractivity contribution is 0.126. The molecule has 0 atom stereocenters. The van der Waals surface area contributed by atoms with Gasteiger partial charge in [0, 0.05) is 14.1 Å². The molecule has 48 valence electrons. The SMILES string of the molecule is CNN(C)C(=O)NO. The summed E-state index contributed by atoms with van der Waals surface area (Å²) in [5.41, 5.74) is 3.92. The van der Waals surface area contributed by atoms with Crippen LogP contribution in [-0.4, -0.2) is 30.3 Å². The molecule has 0 aromatic heterocycles. The smallest absolute Gasteiger partial charge is 0.287 e. The van der Waals surface area contributed by atoms with Gasteiger partial charge < -0.3 is 0 Å². The van der Waals surface area contributed by atoms with Gasteiger partial charge in [0.15, 0.2) is 0 Å². The third-order valence-electron chi connectivity index (χ3n) is 0.736. The number of hydrogen-bond acceptors (Lipinski definition) is 3. The van der Waals surface area contributed by atoms with Crippen LogP contribution in [0.3, 0.4) is 0 Å². The van der Waals surface area contributed by atoms with E-state index in [4.69, 9.17) is 5.21 Å². The summed E-state index contributed by atoms with van der Waals surface area (Å²) in [6.45, 7) is 0. The van der Waals surface area contributed by atoms with Crippen LogP contribution in [0.4, 0.5) is 4.79 Å². The minimum Gasteiger partial charge on any atom is -0.287 e. The van der Waals surface area contributed by atoms with Crippen LogP contribution < -0.4 is 10.9 Å². The van der Waals surface area contributed by atoms with Crippen LogP contribution in [0.5, 0.6) is 0 Å². The number of nitrogens with zero attached hydrogens (tertiary/aromatic N) is 1. The van der Waals surface area contributed by atoms with Crippen molar-refractivity contribution in [2.24, 2.45) is 0 Å². The van der Waals surface area contributed by atoms with Crippen LogP contribution in [0.2, 0.25) is 0 Å². The molecule has 0 rings (SSSR count). The molecule has 0 heterocycles. The Hall–Kier alpha value is -0.810. The normalized spacial score (nSPS) is 8.38. The molecule has 2 amide bonds. The summed E-state index contributed by atoms with van der Waals surface area (Å²) in [6.07, 6.45) is 0. The van der Waals surface area contributed by atoms with E-state index in [9.17, 15) is 4.79 Å². The highest BCUT2D eigenvalue weighted by Gasteiger charge is 2.00. The lowest BCUT2D eigenvalue weighted by atomic mass is 11.0. The average molecular weight is 119 g/mol. The number of hydroxylamine groups is 1. The molecule has 0 unspecified atom stereocenters. The van der Waals surface area contributed by atoms with E-state index in [0.29, 0.717) is 0 Å². The average Bonchev–Trinajstić information content (AvgIpc) is 1.84. The molecule has 0 saturated heterocycles. The molecule has 3 N–H and O–H groups in total. The molecule has 0 aliphatic rings. The second kappa shape index (κ2) is 3.23. The van der Waals surface area contributed by atoms with Gasteiger partial charge >= 0.3 is 6.03 Å². The van der Waals surface area contributed by atoms with Gasteiger partial charge in [-0.1, -0.05) is 0 Å². The van der Waals surface area contributed by atoms with E-state index >= 15 is 0 Å². The standard InChI is InChI=1S/C3H9N3O2/c1-4-6(2)3(7)5-8/h4,8H,1-2H3,(H,5,7). The minimum absolute atomic E-state index is 0.590. The van der Waals surface area contributed by atoms with Crippen molar-refractivity contribution in [3.8, 4) is 0 Å². The number of hydrogen-bond donors (Lipinski definition) is 3. The Balaban J connectivity index is 3.46. The summed E-state index contributed by atoms with van der Waals surface area (Å²) in [5.74, 6) is 0. The van der Waals surface area contributed by atoms with Gasteiger partial charge in [0.1, 0.15) is 0 Å². The Morgan fingerprint density at radius 2 is 2.25 bits per heavy atom. The van der Waals surface area contributed by atoms with Crippen LogP contribution in [-0.2, 0) is 0 Å². The maximum Gasteiger partial charge on any atom is 0.355 e. The molecule has 0 bridgehead atoms. The predicted molar refractivity (Wildman–Crippen MR) is 27.1 cm³/mol. The zero-order valence-electron chi connectivity index (χ0n) is 4.80. The summed E-state index contributed by atoms with van der Waals surface area (Å²) in [7, 11) is 3.04. The first kappa shape index (κ1) is 7.19. The fourth-order valence-electron chi connectivity index (χ4n) is 0.177.